The number of rotatable bonds is 3. The lowest BCUT2D eigenvalue weighted by molar-refractivity contribution is -0.386. The molecule has 1 aromatic carbocycles. The van der Waals surface area contributed by atoms with Crippen LogP contribution in [0.25, 0.3) is 0 Å². The van der Waals surface area contributed by atoms with E-state index in [0.717, 1.165) is 0 Å². The van der Waals surface area contributed by atoms with Crippen LogP contribution in [0.3, 0.4) is 0 Å². The highest BCUT2D eigenvalue weighted by Gasteiger charge is 2.16. The number of hydrogen-bond donors (Lipinski definition) is 0. The van der Waals surface area contributed by atoms with Crippen molar-refractivity contribution in [2.75, 3.05) is 0 Å². The van der Waals surface area contributed by atoms with Crippen molar-refractivity contribution in [1.29, 1.82) is 0 Å². The van der Waals surface area contributed by atoms with E-state index in [0.29, 0.717) is 5.56 Å². The van der Waals surface area contributed by atoms with E-state index in [4.69, 9.17) is 4.74 Å². The van der Waals surface area contributed by atoms with Crippen molar-refractivity contribution >= 4 is 5.69 Å². The third kappa shape index (κ3) is 2.03. The van der Waals surface area contributed by atoms with Gasteiger partial charge in [-0.3, -0.25) is 10.1 Å². The fourth-order valence-corrected chi connectivity index (χ4v) is 1.09. The minimum Gasteiger partial charge on any atom is -0.371 e. The van der Waals surface area contributed by atoms with Crippen LogP contribution >= 0.6 is 0 Å². The standard InChI is InChI=1S/C9H10NO3/c1-7(13-2)8-5-3-4-6-9(8)10(11)12/h3-7H,2H2,1H3/t7-/m1/s1. The van der Waals surface area contributed by atoms with Gasteiger partial charge in [-0.15, -0.1) is 0 Å². The molecule has 0 aromatic heterocycles. The van der Waals surface area contributed by atoms with Crippen LogP contribution < -0.4 is 0 Å². The van der Waals surface area contributed by atoms with Gasteiger partial charge in [-0.05, 0) is 13.0 Å². The van der Waals surface area contributed by atoms with Gasteiger partial charge in [0, 0.05) is 6.07 Å². The summed E-state index contributed by atoms with van der Waals surface area (Å²) in [5.74, 6) is 0. The lowest BCUT2D eigenvalue weighted by Crippen LogP contribution is -2.00. The average Bonchev–Trinajstić information content (AvgIpc) is 2.16. The third-order valence-corrected chi connectivity index (χ3v) is 1.82. The second-order valence-electron chi connectivity index (χ2n) is 2.62. The highest BCUT2D eigenvalue weighted by molar-refractivity contribution is 5.41. The predicted molar refractivity (Wildman–Crippen MR) is 48.0 cm³/mol. The van der Waals surface area contributed by atoms with Gasteiger partial charge in [0.1, 0.15) is 0 Å². The molecule has 0 heterocycles. The van der Waals surface area contributed by atoms with Crippen molar-refractivity contribution < 1.29 is 9.66 Å². The van der Waals surface area contributed by atoms with Crippen LogP contribution in [0.1, 0.15) is 18.6 Å². The summed E-state index contributed by atoms with van der Waals surface area (Å²) in [5.41, 5.74) is 0.612. The Balaban J connectivity index is 3.11. The molecular formula is C9H10NO3. The summed E-state index contributed by atoms with van der Waals surface area (Å²) in [6.07, 6.45) is -0.360. The minimum absolute atomic E-state index is 0.0682. The summed E-state index contributed by atoms with van der Waals surface area (Å²) in [6.45, 7) is 1.72. The molecule has 0 saturated heterocycles. The van der Waals surface area contributed by atoms with Crippen molar-refractivity contribution in [2.24, 2.45) is 0 Å². The van der Waals surface area contributed by atoms with E-state index in [-0.39, 0.29) is 11.8 Å². The van der Waals surface area contributed by atoms with Crippen LogP contribution in [0.5, 0.6) is 0 Å². The molecule has 0 saturated carbocycles. The summed E-state index contributed by atoms with van der Waals surface area (Å²) in [5, 5.41) is 10.6. The van der Waals surface area contributed by atoms with Gasteiger partial charge in [-0.1, -0.05) is 12.1 Å². The molecular weight excluding hydrogens is 170 g/mol. The van der Waals surface area contributed by atoms with Gasteiger partial charge in [0.15, 0.2) is 0 Å². The van der Waals surface area contributed by atoms with Gasteiger partial charge in [0.05, 0.1) is 23.7 Å². The van der Waals surface area contributed by atoms with Crippen molar-refractivity contribution in [3.63, 3.8) is 0 Å². The smallest absolute Gasteiger partial charge is 0.275 e. The zero-order chi connectivity index (χ0) is 9.84. The number of para-hydroxylation sites is 1. The number of benzene rings is 1. The van der Waals surface area contributed by atoms with Gasteiger partial charge in [-0.25, -0.2) is 0 Å². The zero-order valence-electron chi connectivity index (χ0n) is 7.27. The molecule has 13 heavy (non-hydrogen) atoms. The largest absolute Gasteiger partial charge is 0.371 e. The molecule has 0 aliphatic heterocycles. The van der Waals surface area contributed by atoms with Crippen LogP contribution in [0.2, 0.25) is 0 Å². The molecule has 1 rings (SSSR count). The Morgan fingerprint density at radius 3 is 2.69 bits per heavy atom. The SMILES string of the molecule is [CH2]O[C@H](C)c1ccccc1[N+](=O)[O-]. The third-order valence-electron chi connectivity index (χ3n) is 1.82. The summed E-state index contributed by atoms with van der Waals surface area (Å²) >= 11 is 0. The van der Waals surface area contributed by atoms with Gasteiger partial charge in [-0.2, -0.15) is 0 Å². The van der Waals surface area contributed by atoms with Gasteiger partial charge in [0.2, 0.25) is 0 Å². The van der Waals surface area contributed by atoms with Crippen LogP contribution in [0.15, 0.2) is 24.3 Å². The van der Waals surface area contributed by atoms with E-state index < -0.39 is 4.92 Å². The maximum absolute atomic E-state index is 10.6. The molecule has 0 unspecified atom stereocenters. The molecule has 0 fully saturated rings. The van der Waals surface area contributed by atoms with Gasteiger partial charge in [0.25, 0.3) is 5.69 Å². The van der Waals surface area contributed by atoms with E-state index in [1.165, 1.54) is 6.07 Å². The molecule has 1 atom stereocenters. The quantitative estimate of drug-likeness (QED) is 0.530. The number of ether oxygens (including phenoxy) is 1. The molecule has 0 spiro atoms. The van der Waals surface area contributed by atoms with E-state index in [1.54, 1.807) is 25.1 Å². The van der Waals surface area contributed by atoms with Crippen LogP contribution in [0.4, 0.5) is 5.69 Å². The fraction of sp³-hybridized carbons (Fsp3) is 0.222. The fourth-order valence-electron chi connectivity index (χ4n) is 1.09. The van der Waals surface area contributed by atoms with Crippen LogP contribution in [0, 0.1) is 17.2 Å². The molecule has 4 nitrogen and oxygen atoms in total. The zero-order valence-corrected chi connectivity index (χ0v) is 7.27. The Hall–Kier alpha value is -1.42. The topological polar surface area (TPSA) is 52.4 Å². The first kappa shape index (κ1) is 9.67. The first-order valence-electron chi connectivity index (χ1n) is 3.81. The van der Waals surface area contributed by atoms with E-state index in [9.17, 15) is 10.1 Å². The van der Waals surface area contributed by atoms with Crippen molar-refractivity contribution in [3.05, 3.63) is 47.1 Å². The molecule has 4 heteroatoms. The van der Waals surface area contributed by atoms with E-state index in [1.807, 2.05) is 0 Å². The minimum atomic E-state index is -0.426. The Morgan fingerprint density at radius 2 is 2.15 bits per heavy atom. The molecule has 0 aliphatic rings. The Morgan fingerprint density at radius 1 is 1.54 bits per heavy atom. The van der Waals surface area contributed by atoms with E-state index >= 15 is 0 Å². The second kappa shape index (κ2) is 4.00. The summed E-state index contributed by atoms with van der Waals surface area (Å²) < 4.78 is 4.77. The second-order valence-corrected chi connectivity index (χ2v) is 2.62. The van der Waals surface area contributed by atoms with Gasteiger partial charge >= 0.3 is 0 Å². The molecule has 69 valence electrons. The highest BCUT2D eigenvalue weighted by atomic mass is 16.6. The predicted octanol–water partition coefficient (Wildman–Crippen LogP) is 2.46. The Kier molecular flexibility index (Phi) is 2.97. The molecule has 0 aliphatic carbocycles. The van der Waals surface area contributed by atoms with Crippen LogP contribution in [-0.4, -0.2) is 4.92 Å². The first-order valence-corrected chi connectivity index (χ1v) is 3.81. The lowest BCUT2D eigenvalue weighted by atomic mass is 10.1. The van der Waals surface area contributed by atoms with Crippen LogP contribution in [-0.2, 0) is 4.74 Å². The number of nitrogens with zero attached hydrogens (tertiary/aromatic N) is 1. The Bertz CT molecular complexity index is 311. The molecule has 1 radical (unpaired) electrons. The normalized spacial score (nSPS) is 12.5. The maximum atomic E-state index is 10.6. The van der Waals surface area contributed by atoms with Gasteiger partial charge < -0.3 is 4.74 Å². The first-order chi connectivity index (χ1) is 6.16. The van der Waals surface area contributed by atoms with E-state index in [2.05, 4.69) is 7.11 Å². The highest BCUT2D eigenvalue weighted by Crippen LogP contribution is 2.26. The number of nitro groups is 1. The molecule has 0 amide bonds. The van der Waals surface area contributed by atoms with Crippen molar-refractivity contribution in [1.82, 2.24) is 0 Å². The van der Waals surface area contributed by atoms with Crippen molar-refractivity contribution in [2.45, 2.75) is 13.0 Å². The lowest BCUT2D eigenvalue weighted by Gasteiger charge is -2.08. The average molecular weight is 180 g/mol. The summed E-state index contributed by atoms with van der Waals surface area (Å²) in [7, 11) is 3.24. The molecule has 0 N–H and O–H groups in total. The number of hydrogen-bond acceptors (Lipinski definition) is 3. The van der Waals surface area contributed by atoms with Crippen molar-refractivity contribution in [3.8, 4) is 0 Å². The molecule has 0 bridgehead atoms. The monoisotopic (exact) mass is 180 g/mol. The Labute approximate surface area is 76.3 Å². The molecule has 1 aromatic rings. The maximum Gasteiger partial charge on any atom is 0.275 e. The summed E-state index contributed by atoms with van der Waals surface area (Å²) in [4.78, 5) is 10.1. The number of nitro benzene ring substituents is 1. The summed E-state index contributed by atoms with van der Waals surface area (Å²) in [6, 6.07) is 6.47.